The molecule has 2 aliphatic rings. The number of amides is 1. The number of alkyl halides is 2. The Morgan fingerprint density at radius 1 is 1.00 bits per heavy atom. The van der Waals surface area contributed by atoms with Crippen LogP contribution in [-0.2, 0) is 16.0 Å². The van der Waals surface area contributed by atoms with Gasteiger partial charge in [-0.3, -0.25) is 9.78 Å². The molecule has 7 nitrogen and oxygen atoms in total. The Labute approximate surface area is 246 Å². The van der Waals surface area contributed by atoms with Crippen molar-refractivity contribution in [1.29, 1.82) is 0 Å². The Hall–Kier alpha value is -3.43. The molecular weight excluding hydrogens is 577 g/mol. The maximum Gasteiger partial charge on any atom is 0.387 e. The summed E-state index contributed by atoms with van der Waals surface area (Å²) in [5, 5.41) is 0.561. The predicted octanol–water partition coefficient (Wildman–Crippen LogP) is 6.91. The zero-order valence-electron chi connectivity index (χ0n) is 22.0. The lowest BCUT2D eigenvalue weighted by Gasteiger charge is -2.27. The van der Waals surface area contributed by atoms with E-state index < -0.39 is 24.7 Å². The highest BCUT2D eigenvalue weighted by atomic mass is 35.5. The molecule has 1 aliphatic heterocycles. The van der Waals surface area contributed by atoms with Gasteiger partial charge in [0.2, 0.25) is 0 Å². The van der Waals surface area contributed by atoms with Crippen molar-refractivity contribution in [3.8, 4) is 11.5 Å². The normalized spacial score (nSPS) is 17.4. The van der Waals surface area contributed by atoms with Gasteiger partial charge in [-0.25, -0.2) is 4.79 Å². The smallest absolute Gasteiger partial charge is 0.387 e. The number of pyridine rings is 1. The van der Waals surface area contributed by atoms with Gasteiger partial charge in [0.05, 0.1) is 16.7 Å². The monoisotopic (exact) mass is 604 g/mol. The standard InChI is InChI=1S/C30H28Cl2F2N2O5/c31-22-15-35-16-23(32)21(22)14-26(20-10-11-25(41-30(33)34)27(13-20)39-17-18-8-9-18)40-29(38)24-7-4-12-36(24)28(37)19-5-2-1-3-6-19/h1-3,5-6,10-11,13,15-16,18,24,26,30H,4,7-9,12,14,17H2. The molecule has 216 valence electrons. The van der Waals surface area contributed by atoms with E-state index in [2.05, 4.69) is 9.72 Å². The van der Waals surface area contributed by atoms with Gasteiger partial charge in [-0.1, -0.05) is 47.5 Å². The Kier molecular flexibility index (Phi) is 9.25. The highest BCUT2D eigenvalue weighted by molar-refractivity contribution is 6.35. The Morgan fingerprint density at radius 3 is 2.41 bits per heavy atom. The number of ether oxygens (including phenoxy) is 3. The lowest BCUT2D eigenvalue weighted by atomic mass is 10.0. The summed E-state index contributed by atoms with van der Waals surface area (Å²) in [6, 6.07) is 12.4. The number of carbonyl (C=O) groups excluding carboxylic acids is 2. The van der Waals surface area contributed by atoms with Gasteiger partial charge in [-0.05, 0) is 67.0 Å². The van der Waals surface area contributed by atoms with Gasteiger partial charge < -0.3 is 19.1 Å². The first kappa shape index (κ1) is 29.1. The van der Waals surface area contributed by atoms with Crippen LogP contribution in [0, 0.1) is 5.92 Å². The minimum Gasteiger partial charge on any atom is -0.489 e. The molecular formula is C30H28Cl2F2N2O5. The molecule has 1 aliphatic carbocycles. The van der Waals surface area contributed by atoms with Gasteiger partial charge in [-0.2, -0.15) is 8.78 Å². The number of esters is 1. The lowest BCUT2D eigenvalue weighted by Crippen LogP contribution is -2.41. The molecule has 3 aromatic rings. The first-order valence-electron chi connectivity index (χ1n) is 13.4. The minimum absolute atomic E-state index is 0.0718. The Bertz CT molecular complexity index is 1370. The second-order valence-electron chi connectivity index (χ2n) is 10.1. The van der Waals surface area contributed by atoms with Crippen molar-refractivity contribution in [3.63, 3.8) is 0 Å². The molecule has 2 unspecified atom stereocenters. The van der Waals surface area contributed by atoms with Crippen LogP contribution in [0.2, 0.25) is 10.0 Å². The highest BCUT2D eigenvalue weighted by Crippen LogP contribution is 2.38. The van der Waals surface area contributed by atoms with E-state index in [-0.39, 0.29) is 33.9 Å². The fourth-order valence-electron chi connectivity index (χ4n) is 4.79. The second-order valence-corrected chi connectivity index (χ2v) is 10.9. The van der Waals surface area contributed by atoms with Crippen molar-refractivity contribution in [2.75, 3.05) is 13.2 Å². The van der Waals surface area contributed by atoms with Crippen LogP contribution < -0.4 is 9.47 Å². The van der Waals surface area contributed by atoms with Crippen LogP contribution in [0.1, 0.15) is 53.3 Å². The largest absolute Gasteiger partial charge is 0.489 e. The van der Waals surface area contributed by atoms with Crippen molar-refractivity contribution in [1.82, 2.24) is 9.88 Å². The van der Waals surface area contributed by atoms with E-state index in [0.717, 1.165) is 12.8 Å². The average molecular weight is 605 g/mol. The Balaban J connectivity index is 1.44. The van der Waals surface area contributed by atoms with E-state index in [1.807, 2.05) is 6.07 Å². The molecule has 0 spiro atoms. The van der Waals surface area contributed by atoms with Crippen LogP contribution >= 0.6 is 23.2 Å². The van der Waals surface area contributed by atoms with Crippen LogP contribution in [0.3, 0.4) is 0 Å². The number of aromatic nitrogens is 1. The van der Waals surface area contributed by atoms with Gasteiger partial charge in [-0.15, -0.1) is 0 Å². The van der Waals surface area contributed by atoms with Gasteiger partial charge in [0.25, 0.3) is 5.91 Å². The van der Waals surface area contributed by atoms with Crippen molar-refractivity contribution < 1.29 is 32.6 Å². The van der Waals surface area contributed by atoms with E-state index in [1.54, 1.807) is 24.3 Å². The number of carbonyl (C=O) groups is 2. The number of benzene rings is 2. The lowest BCUT2D eigenvalue weighted by molar-refractivity contribution is -0.154. The third-order valence-corrected chi connectivity index (χ3v) is 7.79. The molecule has 0 radical (unpaired) electrons. The van der Waals surface area contributed by atoms with Gasteiger partial charge in [0, 0.05) is 30.9 Å². The molecule has 1 amide bonds. The number of likely N-dealkylation sites (tertiary alicyclic amines) is 1. The third kappa shape index (κ3) is 7.26. The summed E-state index contributed by atoms with van der Waals surface area (Å²) in [4.78, 5) is 32.3. The molecule has 2 atom stereocenters. The summed E-state index contributed by atoms with van der Waals surface area (Å²) in [7, 11) is 0. The van der Waals surface area contributed by atoms with Crippen LogP contribution in [0.4, 0.5) is 8.78 Å². The molecule has 2 heterocycles. The van der Waals surface area contributed by atoms with E-state index in [9.17, 15) is 18.4 Å². The van der Waals surface area contributed by atoms with Crippen LogP contribution in [0.15, 0.2) is 60.9 Å². The summed E-state index contributed by atoms with van der Waals surface area (Å²) < 4.78 is 42.8. The van der Waals surface area contributed by atoms with Gasteiger partial charge in [0.15, 0.2) is 11.5 Å². The van der Waals surface area contributed by atoms with Crippen molar-refractivity contribution in [2.24, 2.45) is 5.92 Å². The van der Waals surface area contributed by atoms with Crippen molar-refractivity contribution in [2.45, 2.75) is 50.9 Å². The molecule has 0 N–H and O–H groups in total. The molecule has 5 rings (SSSR count). The van der Waals surface area contributed by atoms with Crippen molar-refractivity contribution in [3.05, 3.63) is 87.7 Å². The first-order valence-corrected chi connectivity index (χ1v) is 14.1. The summed E-state index contributed by atoms with van der Waals surface area (Å²) in [5.41, 5.74) is 1.44. The zero-order chi connectivity index (χ0) is 28.9. The van der Waals surface area contributed by atoms with E-state index >= 15 is 0 Å². The number of hydrogen-bond acceptors (Lipinski definition) is 6. The number of nitrogens with zero attached hydrogens (tertiary/aromatic N) is 2. The Morgan fingerprint density at radius 2 is 1.73 bits per heavy atom. The molecule has 1 saturated carbocycles. The van der Waals surface area contributed by atoms with Gasteiger partial charge in [0.1, 0.15) is 12.1 Å². The molecule has 11 heteroatoms. The number of halogens is 4. The maximum absolute atomic E-state index is 13.6. The zero-order valence-corrected chi connectivity index (χ0v) is 23.5. The first-order chi connectivity index (χ1) is 19.8. The fraction of sp³-hybridized carbons (Fsp3) is 0.367. The topological polar surface area (TPSA) is 78.0 Å². The SMILES string of the molecule is O=C(OC(Cc1c(Cl)cncc1Cl)c1ccc(OC(F)F)c(OCC2CC2)c1)C1CCCN1C(=O)c1ccccc1. The number of hydrogen-bond donors (Lipinski definition) is 0. The molecule has 2 aromatic carbocycles. The fourth-order valence-corrected chi connectivity index (χ4v) is 5.31. The summed E-state index contributed by atoms with van der Waals surface area (Å²) in [6.45, 7) is -2.27. The summed E-state index contributed by atoms with van der Waals surface area (Å²) >= 11 is 12.8. The van der Waals surface area contributed by atoms with E-state index in [4.69, 9.17) is 32.7 Å². The van der Waals surface area contributed by atoms with Crippen molar-refractivity contribution >= 4 is 35.1 Å². The van der Waals surface area contributed by atoms with Crippen LogP contribution in [-0.4, -0.2) is 47.6 Å². The molecule has 1 saturated heterocycles. The second kappa shape index (κ2) is 13.0. The predicted molar refractivity (Wildman–Crippen MR) is 149 cm³/mol. The quantitative estimate of drug-likeness (QED) is 0.221. The van der Waals surface area contributed by atoms with Crippen LogP contribution in [0.5, 0.6) is 11.5 Å². The molecule has 2 fully saturated rings. The average Bonchev–Trinajstić information content (AvgIpc) is 3.66. The highest BCUT2D eigenvalue weighted by Gasteiger charge is 2.37. The van der Waals surface area contributed by atoms with E-state index in [1.165, 1.54) is 35.5 Å². The third-order valence-electron chi connectivity index (χ3n) is 7.13. The summed E-state index contributed by atoms with van der Waals surface area (Å²) in [6.07, 6.45) is 5.10. The van der Waals surface area contributed by atoms with Gasteiger partial charge >= 0.3 is 12.6 Å². The molecule has 1 aromatic heterocycles. The number of rotatable bonds is 11. The van der Waals surface area contributed by atoms with E-state index in [0.29, 0.717) is 48.6 Å². The molecule has 41 heavy (non-hydrogen) atoms. The summed E-state index contributed by atoms with van der Waals surface area (Å²) in [5.74, 6) is -0.497. The maximum atomic E-state index is 13.6. The molecule has 0 bridgehead atoms. The minimum atomic E-state index is -3.04. The van der Waals surface area contributed by atoms with Crippen LogP contribution in [0.25, 0.3) is 0 Å².